The molecule has 23 heavy (non-hydrogen) atoms. The van der Waals surface area contributed by atoms with Gasteiger partial charge >= 0.3 is 0 Å². The highest BCUT2D eigenvalue weighted by molar-refractivity contribution is 9.10. The van der Waals surface area contributed by atoms with Crippen LogP contribution >= 0.6 is 15.9 Å². The topological polar surface area (TPSA) is 29.7 Å². The third-order valence-electron chi connectivity index (χ3n) is 3.60. The second-order valence-electron chi connectivity index (χ2n) is 5.18. The van der Waals surface area contributed by atoms with Crippen LogP contribution in [0.25, 0.3) is 11.7 Å². The highest BCUT2D eigenvalue weighted by Crippen LogP contribution is 2.24. The Bertz CT molecular complexity index is 912. The standard InChI is InChI=1S/C18H15BrFN3/c1-3-4-13-7-12(5-6-17(13)21-2)8-15-10-22-18-16(20)9-14(19)11-23(15)18/h3-7,9-11H,2,8H2,1H3/b4-3-. The Hall–Kier alpha value is -2.27. The maximum Gasteiger partial charge on any atom is 0.173 e. The van der Waals surface area contributed by atoms with E-state index in [0.29, 0.717) is 16.5 Å². The molecule has 5 heteroatoms. The lowest BCUT2D eigenvalue weighted by molar-refractivity contribution is 0.628. The van der Waals surface area contributed by atoms with Gasteiger partial charge in [0.15, 0.2) is 11.5 Å². The van der Waals surface area contributed by atoms with Gasteiger partial charge in [0.1, 0.15) is 0 Å². The molecule has 0 saturated carbocycles. The van der Waals surface area contributed by atoms with E-state index in [2.05, 4.69) is 38.7 Å². The number of fused-ring (bicyclic) bond motifs is 1. The van der Waals surface area contributed by atoms with Crippen LogP contribution in [0.5, 0.6) is 0 Å². The Kier molecular flexibility index (Phi) is 4.39. The summed E-state index contributed by atoms with van der Waals surface area (Å²) in [5, 5.41) is 0. The number of halogens is 2. The molecule has 0 bridgehead atoms. The summed E-state index contributed by atoms with van der Waals surface area (Å²) in [6, 6.07) is 7.43. The van der Waals surface area contributed by atoms with E-state index in [1.807, 2.05) is 37.4 Å². The van der Waals surface area contributed by atoms with Gasteiger partial charge in [0.25, 0.3) is 0 Å². The van der Waals surface area contributed by atoms with Crippen LogP contribution in [0.15, 0.2) is 52.2 Å². The van der Waals surface area contributed by atoms with Crippen LogP contribution in [0.1, 0.15) is 23.7 Å². The number of aliphatic imine (C=N–C) groups is 1. The number of nitrogens with zero attached hydrogens (tertiary/aromatic N) is 3. The van der Waals surface area contributed by atoms with Gasteiger partial charge in [-0.3, -0.25) is 4.99 Å². The molecule has 0 spiro atoms. The molecule has 0 atom stereocenters. The summed E-state index contributed by atoms with van der Waals surface area (Å²) in [7, 11) is 0. The van der Waals surface area contributed by atoms with Gasteiger partial charge in [-0.2, -0.15) is 0 Å². The first-order valence-electron chi connectivity index (χ1n) is 7.15. The van der Waals surface area contributed by atoms with Gasteiger partial charge in [-0.15, -0.1) is 0 Å². The summed E-state index contributed by atoms with van der Waals surface area (Å²) in [6.07, 6.45) is 8.15. The number of hydrogen-bond donors (Lipinski definition) is 0. The molecule has 3 aromatic rings. The molecule has 1 aromatic carbocycles. The Morgan fingerprint density at radius 1 is 1.39 bits per heavy atom. The molecule has 3 rings (SSSR count). The van der Waals surface area contributed by atoms with Crippen molar-refractivity contribution < 1.29 is 4.39 Å². The molecule has 0 aliphatic rings. The van der Waals surface area contributed by atoms with Crippen molar-refractivity contribution in [2.24, 2.45) is 4.99 Å². The van der Waals surface area contributed by atoms with Crippen molar-refractivity contribution >= 4 is 40.1 Å². The van der Waals surface area contributed by atoms with Gasteiger partial charge in [-0.25, -0.2) is 9.37 Å². The normalized spacial score (nSPS) is 11.4. The summed E-state index contributed by atoms with van der Waals surface area (Å²) >= 11 is 3.32. The number of benzene rings is 1. The quantitative estimate of drug-likeness (QED) is 0.580. The Morgan fingerprint density at radius 2 is 2.22 bits per heavy atom. The summed E-state index contributed by atoms with van der Waals surface area (Å²) in [5.74, 6) is -0.341. The molecule has 3 nitrogen and oxygen atoms in total. The average molecular weight is 372 g/mol. The number of aromatic nitrogens is 2. The van der Waals surface area contributed by atoms with Crippen molar-refractivity contribution in [3.8, 4) is 0 Å². The van der Waals surface area contributed by atoms with Crippen molar-refractivity contribution in [2.75, 3.05) is 0 Å². The van der Waals surface area contributed by atoms with Crippen LogP contribution in [0.3, 0.4) is 0 Å². The van der Waals surface area contributed by atoms with Crippen molar-refractivity contribution in [1.82, 2.24) is 9.38 Å². The first kappa shape index (κ1) is 15.6. The maximum atomic E-state index is 13.9. The molecule has 0 saturated heterocycles. The molecule has 2 aromatic heterocycles. The lowest BCUT2D eigenvalue weighted by atomic mass is 10.0. The largest absolute Gasteiger partial charge is 0.300 e. The Labute approximate surface area is 142 Å². The maximum absolute atomic E-state index is 13.9. The summed E-state index contributed by atoms with van der Waals surface area (Å²) in [5.41, 5.74) is 4.22. The highest BCUT2D eigenvalue weighted by atomic mass is 79.9. The molecule has 0 unspecified atom stereocenters. The minimum Gasteiger partial charge on any atom is -0.300 e. The van der Waals surface area contributed by atoms with Crippen molar-refractivity contribution in [3.63, 3.8) is 0 Å². The molecule has 0 fully saturated rings. The van der Waals surface area contributed by atoms with Gasteiger partial charge in [-0.05, 0) is 53.3 Å². The third kappa shape index (κ3) is 3.10. The van der Waals surface area contributed by atoms with E-state index in [-0.39, 0.29) is 5.82 Å². The number of pyridine rings is 1. The van der Waals surface area contributed by atoms with Crippen LogP contribution in [0.2, 0.25) is 0 Å². The highest BCUT2D eigenvalue weighted by Gasteiger charge is 2.10. The predicted octanol–water partition coefficient (Wildman–Crippen LogP) is 5.19. The van der Waals surface area contributed by atoms with E-state index >= 15 is 0 Å². The van der Waals surface area contributed by atoms with Crippen LogP contribution in [-0.2, 0) is 6.42 Å². The molecular weight excluding hydrogens is 357 g/mol. The van der Waals surface area contributed by atoms with E-state index < -0.39 is 0 Å². The van der Waals surface area contributed by atoms with Crippen LogP contribution in [0.4, 0.5) is 10.1 Å². The van der Waals surface area contributed by atoms with Gasteiger partial charge in [0.05, 0.1) is 5.69 Å². The summed E-state index contributed by atoms with van der Waals surface area (Å²) < 4.78 is 16.4. The fraction of sp³-hybridized carbons (Fsp3) is 0.111. The van der Waals surface area contributed by atoms with E-state index in [9.17, 15) is 4.39 Å². The lowest BCUT2D eigenvalue weighted by Crippen LogP contribution is -1.96. The zero-order valence-electron chi connectivity index (χ0n) is 12.6. The fourth-order valence-electron chi connectivity index (χ4n) is 2.57. The van der Waals surface area contributed by atoms with E-state index in [1.54, 1.807) is 10.6 Å². The molecule has 0 aliphatic heterocycles. The van der Waals surface area contributed by atoms with Gasteiger partial charge in [0, 0.05) is 34.5 Å². The summed E-state index contributed by atoms with van der Waals surface area (Å²) in [6.45, 7) is 5.56. The molecule has 2 heterocycles. The lowest BCUT2D eigenvalue weighted by Gasteiger charge is -2.07. The monoisotopic (exact) mass is 371 g/mol. The number of hydrogen-bond acceptors (Lipinski definition) is 2. The Morgan fingerprint density at radius 3 is 2.96 bits per heavy atom. The average Bonchev–Trinajstić information content (AvgIpc) is 2.91. The van der Waals surface area contributed by atoms with E-state index in [0.717, 1.165) is 22.5 Å². The first-order valence-corrected chi connectivity index (χ1v) is 7.95. The molecule has 0 N–H and O–H groups in total. The minimum atomic E-state index is -0.341. The fourth-order valence-corrected chi connectivity index (χ4v) is 2.98. The number of rotatable bonds is 4. The zero-order chi connectivity index (χ0) is 16.4. The second kappa shape index (κ2) is 6.46. The number of imidazole rings is 1. The molecule has 0 radical (unpaired) electrons. The van der Waals surface area contributed by atoms with Gasteiger partial charge < -0.3 is 4.40 Å². The first-order chi connectivity index (χ1) is 11.1. The SMILES string of the molecule is C=Nc1ccc(Cc2cnc3c(F)cc(Br)cn23)cc1/C=C\C. The smallest absolute Gasteiger partial charge is 0.173 e. The van der Waals surface area contributed by atoms with Gasteiger partial charge in [0.2, 0.25) is 0 Å². The minimum absolute atomic E-state index is 0.334. The van der Waals surface area contributed by atoms with E-state index in [1.165, 1.54) is 6.07 Å². The molecular formula is C18H15BrFN3. The van der Waals surface area contributed by atoms with Crippen molar-refractivity contribution in [1.29, 1.82) is 0 Å². The third-order valence-corrected chi connectivity index (χ3v) is 4.03. The van der Waals surface area contributed by atoms with Crippen molar-refractivity contribution in [3.05, 3.63) is 69.8 Å². The molecule has 116 valence electrons. The van der Waals surface area contributed by atoms with E-state index in [4.69, 9.17) is 0 Å². The predicted molar refractivity (Wildman–Crippen MR) is 96.0 cm³/mol. The molecule has 0 amide bonds. The number of allylic oxidation sites excluding steroid dienone is 1. The second-order valence-corrected chi connectivity index (χ2v) is 6.09. The van der Waals surface area contributed by atoms with Crippen molar-refractivity contribution in [2.45, 2.75) is 13.3 Å². The summed E-state index contributed by atoms with van der Waals surface area (Å²) in [4.78, 5) is 8.20. The van der Waals surface area contributed by atoms with Crippen LogP contribution < -0.4 is 0 Å². The van der Waals surface area contributed by atoms with Crippen LogP contribution in [-0.4, -0.2) is 16.1 Å². The van der Waals surface area contributed by atoms with Gasteiger partial charge in [-0.1, -0.05) is 18.2 Å². The van der Waals surface area contributed by atoms with Crippen LogP contribution in [0, 0.1) is 5.82 Å². The Balaban J connectivity index is 2.02. The molecule has 0 aliphatic carbocycles. The zero-order valence-corrected chi connectivity index (χ0v) is 14.2.